The molecule has 3 nitrogen and oxygen atoms in total. The van der Waals surface area contributed by atoms with Crippen molar-refractivity contribution in [2.75, 3.05) is 26.2 Å². The van der Waals surface area contributed by atoms with Gasteiger partial charge < -0.3 is 15.7 Å². The van der Waals surface area contributed by atoms with E-state index in [9.17, 15) is 5.11 Å². The zero-order valence-corrected chi connectivity index (χ0v) is 10.5. The molecule has 0 aromatic heterocycles. The third kappa shape index (κ3) is 2.76. The van der Waals surface area contributed by atoms with Crippen LogP contribution in [0.3, 0.4) is 0 Å². The molecule has 0 amide bonds. The normalized spacial score (nSPS) is 29.4. The summed E-state index contributed by atoms with van der Waals surface area (Å²) >= 11 is 0. The molecule has 2 aliphatic rings. The molecule has 2 rings (SSSR count). The Morgan fingerprint density at radius 3 is 2.25 bits per heavy atom. The maximum absolute atomic E-state index is 9.18. The Morgan fingerprint density at radius 1 is 1.19 bits per heavy atom. The summed E-state index contributed by atoms with van der Waals surface area (Å²) in [5, 5.41) is 9.18. The molecule has 0 radical (unpaired) electrons. The predicted molar refractivity (Wildman–Crippen MR) is 66.3 cm³/mol. The summed E-state index contributed by atoms with van der Waals surface area (Å²) in [5.41, 5.74) is 6.25. The molecule has 0 aromatic carbocycles. The molecule has 1 saturated heterocycles. The molecule has 16 heavy (non-hydrogen) atoms. The monoisotopic (exact) mass is 226 g/mol. The van der Waals surface area contributed by atoms with Crippen molar-refractivity contribution in [3.63, 3.8) is 0 Å². The van der Waals surface area contributed by atoms with Crippen molar-refractivity contribution in [2.24, 2.45) is 11.1 Å². The maximum atomic E-state index is 9.18. The summed E-state index contributed by atoms with van der Waals surface area (Å²) in [6.07, 6.45) is 8.45. The Morgan fingerprint density at radius 2 is 1.75 bits per heavy atom. The lowest BCUT2D eigenvalue weighted by atomic mass is 9.77. The van der Waals surface area contributed by atoms with Crippen LogP contribution in [0.25, 0.3) is 0 Å². The van der Waals surface area contributed by atoms with Gasteiger partial charge in [-0.2, -0.15) is 0 Å². The zero-order chi connectivity index (χ0) is 11.6. The van der Waals surface area contributed by atoms with Crippen LogP contribution >= 0.6 is 0 Å². The number of hydrogen-bond acceptors (Lipinski definition) is 3. The predicted octanol–water partition coefficient (Wildman–Crippen LogP) is 1.35. The molecule has 1 unspecified atom stereocenters. The molecular weight excluding hydrogens is 200 g/mol. The number of rotatable bonds is 3. The van der Waals surface area contributed by atoms with Crippen molar-refractivity contribution in [1.82, 2.24) is 4.90 Å². The highest BCUT2D eigenvalue weighted by Crippen LogP contribution is 2.46. The molecule has 0 bridgehead atoms. The fraction of sp³-hybridized carbons (Fsp3) is 1.00. The third-order valence-electron chi connectivity index (χ3n) is 4.53. The molecule has 1 heterocycles. The number of likely N-dealkylation sites (tertiary alicyclic amines) is 1. The Kier molecular flexibility index (Phi) is 3.57. The molecular formula is C13H26N2O. The van der Waals surface area contributed by atoms with Gasteiger partial charge in [-0.05, 0) is 51.1 Å². The first kappa shape index (κ1) is 12.3. The minimum absolute atomic E-state index is 0.0780. The highest BCUT2D eigenvalue weighted by atomic mass is 16.3. The van der Waals surface area contributed by atoms with Gasteiger partial charge in [0.2, 0.25) is 0 Å². The zero-order valence-electron chi connectivity index (χ0n) is 10.5. The van der Waals surface area contributed by atoms with Gasteiger partial charge in [-0.15, -0.1) is 0 Å². The van der Waals surface area contributed by atoms with Crippen molar-refractivity contribution >= 4 is 0 Å². The van der Waals surface area contributed by atoms with Crippen LogP contribution in [0.5, 0.6) is 0 Å². The highest BCUT2D eigenvalue weighted by Gasteiger charge is 2.37. The smallest absolute Gasteiger partial charge is 0.0621 e. The van der Waals surface area contributed by atoms with Gasteiger partial charge in [-0.3, -0.25) is 0 Å². The number of nitrogens with zero attached hydrogens (tertiary/aromatic N) is 1. The van der Waals surface area contributed by atoms with Gasteiger partial charge in [0.25, 0.3) is 0 Å². The lowest BCUT2D eigenvalue weighted by Gasteiger charge is -2.41. The molecule has 1 saturated carbocycles. The van der Waals surface area contributed by atoms with Crippen molar-refractivity contribution in [2.45, 2.75) is 51.0 Å². The average Bonchev–Trinajstić information content (AvgIpc) is 2.71. The molecule has 2 fully saturated rings. The van der Waals surface area contributed by atoms with Gasteiger partial charge in [0.1, 0.15) is 0 Å². The fourth-order valence-electron chi connectivity index (χ4n) is 3.37. The Labute approximate surface area is 99.0 Å². The summed E-state index contributed by atoms with van der Waals surface area (Å²) in [6, 6.07) is 0. The lowest BCUT2D eigenvalue weighted by molar-refractivity contribution is 0.0773. The van der Waals surface area contributed by atoms with E-state index in [1.54, 1.807) is 0 Å². The van der Waals surface area contributed by atoms with E-state index < -0.39 is 5.54 Å². The van der Waals surface area contributed by atoms with Gasteiger partial charge in [0, 0.05) is 12.1 Å². The third-order valence-corrected chi connectivity index (χ3v) is 4.53. The van der Waals surface area contributed by atoms with Gasteiger partial charge in [0.05, 0.1) is 6.61 Å². The minimum atomic E-state index is -0.430. The molecule has 3 N–H and O–H groups in total. The molecule has 1 aliphatic heterocycles. The van der Waals surface area contributed by atoms with Crippen molar-refractivity contribution in [3.8, 4) is 0 Å². The SMILES string of the molecule is CC(N)(CO)CN1CCC2(CCCC2)CC1. The van der Waals surface area contributed by atoms with E-state index in [0.717, 1.165) is 6.54 Å². The lowest BCUT2D eigenvalue weighted by Crippen LogP contribution is -2.53. The maximum Gasteiger partial charge on any atom is 0.0621 e. The van der Waals surface area contributed by atoms with Crippen LogP contribution in [-0.2, 0) is 0 Å². The van der Waals surface area contributed by atoms with E-state index in [2.05, 4.69) is 4.90 Å². The van der Waals surface area contributed by atoms with Crippen LogP contribution in [0, 0.1) is 5.41 Å². The summed E-state index contributed by atoms with van der Waals surface area (Å²) in [7, 11) is 0. The molecule has 1 aliphatic carbocycles. The molecule has 3 heteroatoms. The van der Waals surface area contributed by atoms with Gasteiger partial charge in [-0.1, -0.05) is 12.8 Å². The first-order valence-corrected chi connectivity index (χ1v) is 6.67. The van der Waals surface area contributed by atoms with Crippen molar-refractivity contribution in [1.29, 1.82) is 0 Å². The standard InChI is InChI=1S/C13H26N2O/c1-12(14,11-16)10-15-8-6-13(7-9-15)4-2-3-5-13/h16H,2-11,14H2,1H3. The van der Waals surface area contributed by atoms with Gasteiger partial charge in [-0.25, -0.2) is 0 Å². The van der Waals surface area contributed by atoms with Crippen LogP contribution in [-0.4, -0.2) is 41.8 Å². The molecule has 94 valence electrons. The molecule has 1 atom stereocenters. The number of nitrogens with two attached hydrogens (primary N) is 1. The quantitative estimate of drug-likeness (QED) is 0.764. The Balaban J connectivity index is 1.81. The van der Waals surface area contributed by atoms with Crippen LogP contribution in [0.4, 0.5) is 0 Å². The number of aliphatic hydroxyl groups is 1. The van der Waals surface area contributed by atoms with Crippen molar-refractivity contribution in [3.05, 3.63) is 0 Å². The van der Waals surface area contributed by atoms with E-state index in [1.165, 1.54) is 51.6 Å². The Bertz CT molecular complexity index is 224. The molecule has 1 spiro atoms. The number of hydrogen-bond donors (Lipinski definition) is 2. The van der Waals surface area contributed by atoms with E-state index in [0.29, 0.717) is 5.41 Å². The number of aliphatic hydroxyl groups excluding tert-OH is 1. The summed E-state index contributed by atoms with van der Waals surface area (Å²) in [5.74, 6) is 0. The van der Waals surface area contributed by atoms with Crippen LogP contribution < -0.4 is 5.73 Å². The van der Waals surface area contributed by atoms with E-state index in [1.807, 2.05) is 6.92 Å². The van der Waals surface area contributed by atoms with Gasteiger partial charge >= 0.3 is 0 Å². The fourth-order valence-corrected chi connectivity index (χ4v) is 3.37. The molecule has 0 aromatic rings. The first-order chi connectivity index (χ1) is 7.55. The van der Waals surface area contributed by atoms with Crippen LogP contribution in [0.1, 0.15) is 45.4 Å². The summed E-state index contributed by atoms with van der Waals surface area (Å²) < 4.78 is 0. The minimum Gasteiger partial charge on any atom is -0.394 e. The van der Waals surface area contributed by atoms with Crippen molar-refractivity contribution < 1.29 is 5.11 Å². The Hall–Kier alpha value is -0.120. The van der Waals surface area contributed by atoms with E-state index in [4.69, 9.17) is 5.73 Å². The van der Waals surface area contributed by atoms with E-state index in [-0.39, 0.29) is 6.61 Å². The largest absolute Gasteiger partial charge is 0.394 e. The second kappa shape index (κ2) is 4.63. The van der Waals surface area contributed by atoms with Gasteiger partial charge in [0.15, 0.2) is 0 Å². The highest BCUT2D eigenvalue weighted by molar-refractivity contribution is 4.92. The van der Waals surface area contributed by atoms with E-state index >= 15 is 0 Å². The summed E-state index contributed by atoms with van der Waals surface area (Å²) in [6.45, 7) is 5.20. The first-order valence-electron chi connectivity index (χ1n) is 6.67. The summed E-state index contributed by atoms with van der Waals surface area (Å²) in [4.78, 5) is 2.43. The number of piperidine rings is 1. The second-order valence-electron chi connectivity index (χ2n) is 6.30. The van der Waals surface area contributed by atoms with Crippen LogP contribution in [0.2, 0.25) is 0 Å². The average molecular weight is 226 g/mol. The second-order valence-corrected chi connectivity index (χ2v) is 6.30. The topological polar surface area (TPSA) is 49.5 Å². The van der Waals surface area contributed by atoms with Crippen LogP contribution in [0.15, 0.2) is 0 Å².